The van der Waals surface area contributed by atoms with Crippen molar-refractivity contribution in [3.05, 3.63) is 191 Å². The maximum absolute atomic E-state index is 6.97. The average Bonchev–Trinajstić information content (AvgIpc) is 3.82. The van der Waals surface area contributed by atoms with Gasteiger partial charge in [-0.2, -0.15) is 0 Å². The Morgan fingerprint density at radius 2 is 0.902 bits per heavy atom. The second-order valence-corrected chi connectivity index (χ2v) is 12.3. The second-order valence-electron chi connectivity index (χ2n) is 11.9. The Labute approximate surface area is 300 Å². The van der Waals surface area contributed by atoms with Gasteiger partial charge in [-0.3, -0.25) is 9.97 Å². The van der Waals surface area contributed by atoms with Crippen molar-refractivity contribution in [1.29, 1.82) is 0 Å². The van der Waals surface area contributed by atoms with E-state index < -0.39 is 11.3 Å². The molecule has 2 aromatic heterocycles. The predicted molar refractivity (Wildman–Crippen MR) is 202 cm³/mol. The summed E-state index contributed by atoms with van der Waals surface area (Å²) in [4.78, 5) is 31.4. The number of benzene rings is 4. The lowest BCUT2D eigenvalue weighted by atomic mass is 9.82. The maximum Gasteiger partial charge on any atom is 0.226 e. The second kappa shape index (κ2) is 13.2. The molecule has 4 aromatic carbocycles. The molecule has 0 bridgehead atoms. The fourth-order valence-corrected chi connectivity index (χ4v) is 6.90. The van der Waals surface area contributed by atoms with E-state index in [0.29, 0.717) is 33.5 Å². The highest BCUT2D eigenvalue weighted by molar-refractivity contribution is 6.57. The van der Waals surface area contributed by atoms with Crippen molar-refractivity contribution >= 4 is 34.4 Å². The first-order chi connectivity index (χ1) is 25.1. The molecule has 8 nitrogen and oxygen atoms in total. The van der Waals surface area contributed by atoms with Crippen LogP contribution in [-0.4, -0.2) is 47.0 Å². The number of nitrogens with zero attached hydrogens (tertiary/aromatic N) is 6. The molecule has 8 rings (SSSR count). The molecule has 0 N–H and O–H groups in total. The van der Waals surface area contributed by atoms with Crippen molar-refractivity contribution in [2.24, 2.45) is 20.0 Å². The Morgan fingerprint density at radius 1 is 0.451 bits per heavy atom. The zero-order valence-electron chi connectivity index (χ0n) is 27.8. The van der Waals surface area contributed by atoms with Gasteiger partial charge in [-0.15, -0.1) is 0 Å². The molecule has 2 aliphatic heterocycles. The summed E-state index contributed by atoms with van der Waals surface area (Å²) in [5.74, 6) is 1.14. The molecule has 2 aliphatic rings. The number of methoxy groups -OCH3 is 2. The minimum Gasteiger partial charge on any atom is -0.493 e. The Hall–Kier alpha value is -6.25. The molecule has 1 atom stereocenters. The van der Waals surface area contributed by atoms with Crippen LogP contribution in [0.1, 0.15) is 33.4 Å². The summed E-state index contributed by atoms with van der Waals surface area (Å²) in [7, 11) is 3.22. The summed E-state index contributed by atoms with van der Waals surface area (Å²) in [5, 5.41) is 0.529. The zero-order chi connectivity index (χ0) is 34.8. The topological polar surface area (TPSA) is 93.7 Å². The standard InChI is InChI=1S/C42H31ClN6O2/c1-50-35-18-17-30(27-36(35)51-2)39-40(33-15-9-10-16-34(33)43)49-42(48-39,32-21-25-45-26-22-32)41(31-19-23-44-24-20-31)46-37(28-11-5-3-6-12-28)38(47-41)29-13-7-4-8-14-29/h3-27H,1-2H3. The van der Waals surface area contributed by atoms with E-state index in [9.17, 15) is 0 Å². The number of ether oxygens (including phenoxy) is 2. The third-order valence-corrected chi connectivity index (χ3v) is 9.40. The summed E-state index contributed by atoms with van der Waals surface area (Å²) in [6, 6.07) is 41.2. The predicted octanol–water partition coefficient (Wildman–Crippen LogP) is 8.14. The normalized spacial score (nSPS) is 17.6. The number of hydrogen-bond donors (Lipinski definition) is 0. The van der Waals surface area contributed by atoms with Gasteiger partial charge in [-0.25, -0.2) is 20.0 Å². The first kappa shape index (κ1) is 32.0. The van der Waals surface area contributed by atoms with Crippen LogP contribution in [0.5, 0.6) is 11.5 Å². The van der Waals surface area contributed by atoms with Crippen LogP contribution >= 0.6 is 11.6 Å². The van der Waals surface area contributed by atoms with Gasteiger partial charge in [0.25, 0.3) is 0 Å². The average molecular weight is 687 g/mol. The van der Waals surface area contributed by atoms with Crippen molar-refractivity contribution in [2.75, 3.05) is 14.2 Å². The number of pyridine rings is 2. The highest BCUT2D eigenvalue weighted by Crippen LogP contribution is 2.54. The van der Waals surface area contributed by atoms with E-state index >= 15 is 0 Å². The molecule has 0 amide bonds. The van der Waals surface area contributed by atoms with E-state index in [4.69, 9.17) is 41.0 Å². The lowest BCUT2D eigenvalue weighted by Gasteiger charge is -2.38. The number of hydrogen-bond acceptors (Lipinski definition) is 8. The van der Waals surface area contributed by atoms with Crippen LogP contribution in [0.4, 0.5) is 0 Å². The van der Waals surface area contributed by atoms with Crippen LogP contribution in [0.15, 0.2) is 172 Å². The smallest absolute Gasteiger partial charge is 0.226 e. The fourth-order valence-electron chi connectivity index (χ4n) is 6.67. The van der Waals surface area contributed by atoms with Crippen LogP contribution in [0, 0.1) is 0 Å². The van der Waals surface area contributed by atoms with Gasteiger partial charge >= 0.3 is 0 Å². The molecule has 51 heavy (non-hydrogen) atoms. The summed E-state index contributed by atoms with van der Waals surface area (Å²) >= 11 is 6.97. The van der Waals surface area contributed by atoms with Crippen LogP contribution < -0.4 is 9.47 Å². The van der Waals surface area contributed by atoms with Crippen molar-refractivity contribution in [1.82, 2.24) is 9.97 Å². The molecule has 4 heterocycles. The van der Waals surface area contributed by atoms with Crippen LogP contribution in [-0.2, 0) is 11.3 Å². The van der Waals surface area contributed by atoms with Gasteiger partial charge in [-0.1, -0.05) is 90.5 Å². The third kappa shape index (κ3) is 5.41. The van der Waals surface area contributed by atoms with Gasteiger partial charge in [0.15, 0.2) is 11.5 Å². The summed E-state index contributed by atoms with van der Waals surface area (Å²) in [6.45, 7) is 0. The van der Waals surface area contributed by atoms with Gasteiger partial charge in [0.1, 0.15) is 0 Å². The monoisotopic (exact) mass is 686 g/mol. The number of aliphatic imine (C=N–C) groups is 4. The number of aromatic nitrogens is 2. The SMILES string of the molecule is COc1ccc(C2=NC(c3ccncc3)(C3(c4ccncc4)N=C(c4ccccc4)C(c4ccccc4)=N3)N=C2c2ccccc2Cl)cc1OC. The number of halogens is 1. The Kier molecular flexibility index (Phi) is 8.29. The lowest BCUT2D eigenvalue weighted by molar-refractivity contribution is 0.256. The van der Waals surface area contributed by atoms with E-state index in [1.54, 1.807) is 39.0 Å². The summed E-state index contributed by atoms with van der Waals surface area (Å²) in [5.41, 5.74) is 4.48. The minimum absolute atomic E-state index is 0.529. The molecular formula is C42H31ClN6O2. The molecule has 0 fully saturated rings. The van der Waals surface area contributed by atoms with E-state index in [1.807, 2.05) is 127 Å². The van der Waals surface area contributed by atoms with Gasteiger partial charge in [0, 0.05) is 58.2 Å². The molecule has 0 radical (unpaired) electrons. The lowest BCUT2D eigenvalue weighted by Crippen LogP contribution is -2.43. The molecule has 1 unspecified atom stereocenters. The summed E-state index contributed by atoms with van der Waals surface area (Å²) in [6.07, 6.45) is 6.98. The van der Waals surface area contributed by atoms with Crippen LogP contribution in [0.3, 0.4) is 0 Å². The van der Waals surface area contributed by atoms with Gasteiger partial charge in [0.05, 0.1) is 42.1 Å². The quantitative estimate of drug-likeness (QED) is 0.154. The first-order valence-corrected chi connectivity index (χ1v) is 16.7. The largest absolute Gasteiger partial charge is 0.493 e. The molecule has 0 saturated heterocycles. The Morgan fingerprint density at radius 3 is 1.39 bits per heavy atom. The van der Waals surface area contributed by atoms with Gasteiger partial charge in [0.2, 0.25) is 11.3 Å². The van der Waals surface area contributed by atoms with Crippen molar-refractivity contribution < 1.29 is 9.47 Å². The fraction of sp³-hybridized carbons (Fsp3) is 0.0952. The third-order valence-electron chi connectivity index (χ3n) is 9.08. The molecule has 0 aliphatic carbocycles. The highest BCUT2D eigenvalue weighted by Gasteiger charge is 2.60. The van der Waals surface area contributed by atoms with Crippen LogP contribution in [0.25, 0.3) is 0 Å². The molecule has 9 heteroatoms. The maximum atomic E-state index is 6.97. The van der Waals surface area contributed by atoms with E-state index in [-0.39, 0.29) is 0 Å². The highest BCUT2D eigenvalue weighted by atomic mass is 35.5. The van der Waals surface area contributed by atoms with E-state index in [1.165, 1.54) is 0 Å². The Balaban J connectivity index is 1.52. The molecule has 0 saturated carbocycles. The zero-order valence-corrected chi connectivity index (χ0v) is 28.6. The molecular weight excluding hydrogens is 656 g/mol. The summed E-state index contributed by atoms with van der Waals surface area (Å²) < 4.78 is 11.3. The van der Waals surface area contributed by atoms with E-state index in [0.717, 1.165) is 39.2 Å². The number of rotatable bonds is 9. The minimum atomic E-state index is -1.48. The van der Waals surface area contributed by atoms with E-state index in [2.05, 4.69) is 9.97 Å². The van der Waals surface area contributed by atoms with Gasteiger partial charge in [-0.05, 0) is 48.5 Å². The van der Waals surface area contributed by atoms with Crippen LogP contribution in [0.2, 0.25) is 5.02 Å². The first-order valence-electron chi connectivity index (χ1n) is 16.4. The molecule has 248 valence electrons. The Bertz CT molecular complexity index is 2290. The van der Waals surface area contributed by atoms with Crippen molar-refractivity contribution in [3.63, 3.8) is 0 Å². The van der Waals surface area contributed by atoms with Crippen molar-refractivity contribution in [2.45, 2.75) is 11.3 Å². The molecule has 6 aromatic rings. The van der Waals surface area contributed by atoms with Crippen molar-refractivity contribution in [3.8, 4) is 11.5 Å². The molecule has 0 spiro atoms. The van der Waals surface area contributed by atoms with Gasteiger partial charge < -0.3 is 9.47 Å².